The summed E-state index contributed by atoms with van der Waals surface area (Å²) in [6, 6.07) is 2.12. The molecule has 0 aromatic rings. The molecule has 1 heteroatoms. The molecule has 1 nitrogen and oxygen atoms in total. The summed E-state index contributed by atoms with van der Waals surface area (Å²) in [7, 11) is 0. The van der Waals surface area contributed by atoms with E-state index in [9.17, 15) is 0 Å². The topological polar surface area (TPSA) is 23.8 Å². The van der Waals surface area contributed by atoms with Crippen LogP contribution in [0.4, 0.5) is 0 Å². The third-order valence-corrected chi connectivity index (χ3v) is 1.14. The van der Waals surface area contributed by atoms with Crippen molar-refractivity contribution >= 4 is 0 Å². The van der Waals surface area contributed by atoms with E-state index in [4.69, 9.17) is 5.26 Å². The summed E-state index contributed by atoms with van der Waals surface area (Å²) >= 11 is 0. The average molecular weight is 135 g/mol. The summed E-state index contributed by atoms with van der Waals surface area (Å²) in [4.78, 5) is 0. The smallest absolute Gasteiger partial charge is 0.0946 e. The Morgan fingerprint density at radius 3 is 2.30 bits per heavy atom. The first-order valence-corrected chi connectivity index (χ1v) is 3.44. The lowest BCUT2D eigenvalue weighted by Gasteiger charge is -1.87. The van der Waals surface area contributed by atoms with E-state index in [0.717, 1.165) is 12.0 Å². The summed E-state index contributed by atoms with van der Waals surface area (Å²) < 4.78 is 0. The summed E-state index contributed by atoms with van der Waals surface area (Å²) in [6.07, 6.45) is 4.65. The van der Waals surface area contributed by atoms with Crippen LogP contribution in [-0.2, 0) is 0 Å². The Kier molecular flexibility index (Phi) is 4.32. The van der Waals surface area contributed by atoms with E-state index < -0.39 is 0 Å². The van der Waals surface area contributed by atoms with Crippen LogP contribution in [0.25, 0.3) is 0 Å². The molecule has 0 bridgehead atoms. The van der Waals surface area contributed by atoms with Gasteiger partial charge in [0.2, 0.25) is 0 Å². The molecular weight excluding hydrogens is 122 g/mol. The maximum Gasteiger partial charge on any atom is 0.0946 e. The average Bonchev–Trinajstić information content (AvgIpc) is 1.90. The van der Waals surface area contributed by atoms with E-state index in [1.54, 1.807) is 0 Å². The molecule has 0 saturated heterocycles. The van der Waals surface area contributed by atoms with Crippen LogP contribution in [0.5, 0.6) is 0 Å². The molecule has 0 aliphatic heterocycles. The highest BCUT2D eigenvalue weighted by Crippen LogP contribution is 1.99. The molecule has 0 saturated carbocycles. The molecule has 0 fully saturated rings. The van der Waals surface area contributed by atoms with Gasteiger partial charge in [-0.05, 0) is 26.3 Å². The highest BCUT2D eigenvalue weighted by atomic mass is 14.2. The molecule has 0 aliphatic carbocycles. The van der Waals surface area contributed by atoms with Gasteiger partial charge < -0.3 is 0 Å². The summed E-state index contributed by atoms with van der Waals surface area (Å²) in [6.45, 7) is 6.01. The second-order valence-corrected chi connectivity index (χ2v) is 2.40. The fraction of sp³-hybridized carbons (Fsp3) is 0.444. The van der Waals surface area contributed by atoms with Crippen LogP contribution in [0.1, 0.15) is 27.2 Å². The number of hydrogen-bond acceptors (Lipinski definition) is 1. The molecule has 0 atom stereocenters. The zero-order chi connectivity index (χ0) is 7.98. The van der Waals surface area contributed by atoms with E-state index in [1.807, 2.05) is 32.9 Å². The zero-order valence-corrected chi connectivity index (χ0v) is 6.81. The van der Waals surface area contributed by atoms with Crippen molar-refractivity contribution in [2.75, 3.05) is 0 Å². The highest BCUT2D eigenvalue weighted by molar-refractivity contribution is 5.26. The maximum absolute atomic E-state index is 8.49. The summed E-state index contributed by atoms with van der Waals surface area (Å²) in [5.74, 6) is 0. The Morgan fingerprint density at radius 2 is 2.00 bits per heavy atom. The lowest BCUT2D eigenvalue weighted by atomic mass is 10.2. The fourth-order valence-corrected chi connectivity index (χ4v) is 0.501. The van der Waals surface area contributed by atoms with Gasteiger partial charge in [-0.15, -0.1) is 0 Å². The van der Waals surface area contributed by atoms with Crippen LogP contribution in [0.3, 0.4) is 0 Å². The molecule has 0 N–H and O–H groups in total. The van der Waals surface area contributed by atoms with Crippen LogP contribution in [0.15, 0.2) is 23.3 Å². The molecule has 54 valence electrons. The van der Waals surface area contributed by atoms with Gasteiger partial charge in [0.05, 0.1) is 6.07 Å². The summed E-state index contributed by atoms with van der Waals surface area (Å²) in [5.41, 5.74) is 2.06. The summed E-state index contributed by atoms with van der Waals surface area (Å²) in [5, 5.41) is 8.49. The second-order valence-electron chi connectivity index (χ2n) is 2.40. The van der Waals surface area contributed by atoms with Crippen LogP contribution in [-0.4, -0.2) is 0 Å². The first-order chi connectivity index (χ1) is 4.70. The third kappa shape index (κ3) is 3.91. The number of nitriles is 1. The lowest BCUT2D eigenvalue weighted by Crippen LogP contribution is -1.72. The van der Waals surface area contributed by atoms with Gasteiger partial charge >= 0.3 is 0 Å². The number of allylic oxidation sites excluding steroid dienone is 4. The molecule has 0 heterocycles. The quantitative estimate of drug-likeness (QED) is 0.422. The van der Waals surface area contributed by atoms with Gasteiger partial charge in [0.25, 0.3) is 0 Å². The van der Waals surface area contributed by atoms with Crippen molar-refractivity contribution in [1.29, 1.82) is 5.26 Å². The Labute approximate surface area is 62.7 Å². The van der Waals surface area contributed by atoms with Crippen molar-refractivity contribution in [2.45, 2.75) is 27.2 Å². The van der Waals surface area contributed by atoms with Gasteiger partial charge in [-0.25, -0.2) is 0 Å². The van der Waals surface area contributed by atoms with Crippen LogP contribution in [0, 0.1) is 11.3 Å². The predicted molar refractivity (Wildman–Crippen MR) is 43.4 cm³/mol. The van der Waals surface area contributed by atoms with Crippen LogP contribution < -0.4 is 0 Å². The van der Waals surface area contributed by atoms with Gasteiger partial charge in [0, 0.05) is 5.57 Å². The van der Waals surface area contributed by atoms with Crippen molar-refractivity contribution in [3.8, 4) is 6.07 Å². The van der Waals surface area contributed by atoms with Crippen LogP contribution in [0.2, 0.25) is 0 Å². The molecule has 0 radical (unpaired) electrons. The van der Waals surface area contributed by atoms with Gasteiger partial charge in [-0.1, -0.05) is 18.6 Å². The molecule has 0 spiro atoms. The highest BCUT2D eigenvalue weighted by Gasteiger charge is 1.85. The molecular formula is C9H13N. The largest absolute Gasteiger partial charge is 0.193 e. The van der Waals surface area contributed by atoms with Crippen molar-refractivity contribution in [3.63, 3.8) is 0 Å². The molecule has 10 heavy (non-hydrogen) atoms. The molecule has 0 unspecified atom stereocenters. The van der Waals surface area contributed by atoms with E-state index in [2.05, 4.69) is 6.07 Å². The minimum absolute atomic E-state index is 0.820. The van der Waals surface area contributed by atoms with Gasteiger partial charge in [-0.2, -0.15) is 5.26 Å². The van der Waals surface area contributed by atoms with Crippen LogP contribution >= 0.6 is 0 Å². The minimum Gasteiger partial charge on any atom is -0.193 e. The lowest BCUT2D eigenvalue weighted by molar-refractivity contribution is 1.15. The number of hydrogen-bond donors (Lipinski definition) is 0. The Morgan fingerprint density at radius 1 is 1.40 bits per heavy atom. The molecule has 0 aromatic carbocycles. The van der Waals surface area contributed by atoms with Crippen molar-refractivity contribution in [1.82, 2.24) is 0 Å². The molecule has 0 rings (SSSR count). The molecule has 0 amide bonds. The second kappa shape index (κ2) is 4.81. The Balaban J connectivity index is 4.17. The predicted octanol–water partition coefficient (Wildman–Crippen LogP) is 2.81. The van der Waals surface area contributed by atoms with E-state index in [1.165, 1.54) is 5.57 Å². The first-order valence-electron chi connectivity index (χ1n) is 3.44. The minimum atomic E-state index is 0.820. The van der Waals surface area contributed by atoms with E-state index >= 15 is 0 Å². The van der Waals surface area contributed by atoms with E-state index in [-0.39, 0.29) is 0 Å². The van der Waals surface area contributed by atoms with Gasteiger partial charge in [0.1, 0.15) is 0 Å². The van der Waals surface area contributed by atoms with Gasteiger partial charge in [-0.3, -0.25) is 0 Å². The normalized spacial score (nSPS) is 10.4. The molecule has 0 aromatic heterocycles. The molecule has 0 aliphatic rings. The van der Waals surface area contributed by atoms with Crippen molar-refractivity contribution in [3.05, 3.63) is 23.3 Å². The number of nitrogens with zero attached hydrogens (tertiary/aromatic N) is 1. The Hall–Kier alpha value is -1.03. The number of rotatable bonds is 2. The fourth-order valence-electron chi connectivity index (χ4n) is 0.501. The van der Waals surface area contributed by atoms with E-state index in [0.29, 0.717) is 0 Å². The SMILES string of the molecule is CC/C(C#N)=C\C=C(C)C. The van der Waals surface area contributed by atoms with Gasteiger partial charge in [0.15, 0.2) is 0 Å². The third-order valence-electron chi connectivity index (χ3n) is 1.14. The maximum atomic E-state index is 8.49. The first kappa shape index (κ1) is 8.97. The van der Waals surface area contributed by atoms with Crippen molar-refractivity contribution in [2.24, 2.45) is 0 Å². The monoisotopic (exact) mass is 135 g/mol. The Bertz CT molecular complexity index is 187. The zero-order valence-electron chi connectivity index (χ0n) is 6.81. The van der Waals surface area contributed by atoms with Crippen molar-refractivity contribution < 1.29 is 0 Å². The standard InChI is InChI=1S/C9H13N/c1-4-9(7-10)6-5-8(2)3/h5-6H,4H2,1-3H3/b9-6+.